The van der Waals surface area contributed by atoms with E-state index in [-0.39, 0.29) is 18.0 Å². The maximum absolute atomic E-state index is 12.0. The maximum atomic E-state index is 12.0. The van der Waals surface area contributed by atoms with Crippen LogP contribution in [0.25, 0.3) is 0 Å². The van der Waals surface area contributed by atoms with Gasteiger partial charge in [-0.15, -0.1) is 0 Å². The van der Waals surface area contributed by atoms with Gasteiger partial charge in [0.1, 0.15) is 0 Å². The molecule has 22 heavy (non-hydrogen) atoms. The van der Waals surface area contributed by atoms with Gasteiger partial charge in [0.15, 0.2) is 0 Å². The lowest BCUT2D eigenvalue weighted by Gasteiger charge is -2.14. The third kappa shape index (κ3) is 6.29. The van der Waals surface area contributed by atoms with Crippen LogP contribution in [0.15, 0.2) is 24.3 Å². The van der Waals surface area contributed by atoms with E-state index in [0.717, 1.165) is 19.3 Å². The van der Waals surface area contributed by atoms with Crippen molar-refractivity contribution in [2.24, 2.45) is 5.92 Å². The summed E-state index contributed by atoms with van der Waals surface area (Å²) in [5.74, 6) is -0.0738. The number of carbonyl (C=O) groups is 2. The Morgan fingerprint density at radius 3 is 2.00 bits per heavy atom. The standard InChI is InChI=1S/C18H26O4/c1-5-21-17(19)15-9-11-16(12-10-15)18(20)22-14(4)8-6-7-13(2)3/h9-14H,5-8H2,1-4H3. The first-order valence-electron chi connectivity index (χ1n) is 7.92. The quantitative estimate of drug-likeness (QED) is 0.674. The van der Waals surface area contributed by atoms with Gasteiger partial charge >= 0.3 is 11.9 Å². The minimum Gasteiger partial charge on any atom is -0.462 e. The molecule has 122 valence electrons. The zero-order chi connectivity index (χ0) is 16.5. The highest BCUT2D eigenvalue weighted by Crippen LogP contribution is 2.13. The maximum Gasteiger partial charge on any atom is 0.338 e. The number of esters is 2. The number of benzene rings is 1. The Kier molecular flexibility index (Phi) is 7.64. The van der Waals surface area contributed by atoms with Crippen LogP contribution in [-0.4, -0.2) is 24.6 Å². The fourth-order valence-electron chi connectivity index (χ4n) is 2.08. The third-order valence-electron chi connectivity index (χ3n) is 3.33. The van der Waals surface area contributed by atoms with Crippen molar-refractivity contribution in [3.63, 3.8) is 0 Å². The highest BCUT2D eigenvalue weighted by Gasteiger charge is 2.13. The third-order valence-corrected chi connectivity index (χ3v) is 3.33. The van der Waals surface area contributed by atoms with Crippen molar-refractivity contribution in [1.82, 2.24) is 0 Å². The van der Waals surface area contributed by atoms with E-state index in [4.69, 9.17) is 9.47 Å². The number of rotatable bonds is 8. The molecule has 0 saturated heterocycles. The fraction of sp³-hybridized carbons (Fsp3) is 0.556. The van der Waals surface area contributed by atoms with Gasteiger partial charge in [-0.3, -0.25) is 0 Å². The van der Waals surface area contributed by atoms with Gasteiger partial charge in [0, 0.05) is 0 Å². The highest BCUT2D eigenvalue weighted by molar-refractivity contribution is 5.93. The number of ether oxygens (including phenoxy) is 2. The first kappa shape index (κ1) is 18.2. The lowest BCUT2D eigenvalue weighted by molar-refractivity contribution is 0.0317. The van der Waals surface area contributed by atoms with Crippen LogP contribution in [0.2, 0.25) is 0 Å². The van der Waals surface area contributed by atoms with Gasteiger partial charge in [0.05, 0.1) is 23.8 Å². The highest BCUT2D eigenvalue weighted by atomic mass is 16.5. The van der Waals surface area contributed by atoms with Crippen molar-refractivity contribution in [3.05, 3.63) is 35.4 Å². The molecule has 1 rings (SSSR count). The fourth-order valence-corrected chi connectivity index (χ4v) is 2.08. The predicted octanol–water partition coefficient (Wildman–Crippen LogP) is 4.23. The summed E-state index contributed by atoms with van der Waals surface area (Å²) >= 11 is 0. The molecule has 4 heteroatoms. The molecule has 0 heterocycles. The van der Waals surface area contributed by atoms with Gasteiger partial charge in [0.2, 0.25) is 0 Å². The molecule has 0 aliphatic carbocycles. The Balaban J connectivity index is 2.50. The van der Waals surface area contributed by atoms with Crippen LogP contribution in [0.3, 0.4) is 0 Å². The first-order chi connectivity index (χ1) is 10.4. The first-order valence-corrected chi connectivity index (χ1v) is 7.92. The molecule has 1 unspecified atom stereocenters. The second kappa shape index (κ2) is 9.23. The van der Waals surface area contributed by atoms with Crippen LogP contribution >= 0.6 is 0 Å². The zero-order valence-corrected chi connectivity index (χ0v) is 13.9. The molecule has 4 nitrogen and oxygen atoms in total. The summed E-state index contributed by atoms with van der Waals surface area (Å²) in [6.07, 6.45) is 2.95. The summed E-state index contributed by atoms with van der Waals surface area (Å²) in [6.45, 7) is 8.36. The lowest BCUT2D eigenvalue weighted by Crippen LogP contribution is -2.15. The topological polar surface area (TPSA) is 52.6 Å². The molecule has 0 aliphatic heterocycles. The smallest absolute Gasteiger partial charge is 0.338 e. The van der Waals surface area contributed by atoms with Gasteiger partial charge < -0.3 is 9.47 Å². The van der Waals surface area contributed by atoms with E-state index in [9.17, 15) is 9.59 Å². The van der Waals surface area contributed by atoms with Gasteiger partial charge in [-0.2, -0.15) is 0 Å². The molecular weight excluding hydrogens is 280 g/mol. The molecule has 0 fully saturated rings. The van der Waals surface area contributed by atoms with Crippen LogP contribution in [0, 0.1) is 5.92 Å². The van der Waals surface area contributed by atoms with Crippen LogP contribution in [-0.2, 0) is 9.47 Å². The molecule has 1 aromatic carbocycles. The molecule has 0 aliphatic rings. The second-order valence-electron chi connectivity index (χ2n) is 5.84. The van der Waals surface area contributed by atoms with Crippen LogP contribution < -0.4 is 0 Å². The van der Waals surface area contributed by atoms with Crippen LogP contribution in [0.4, 0.5) is 0 Å². The van der Waals surface area contributed by atoms with E-state index < -0.39 is 0 Å². The van der Waals surface area contributed by atoms with Crippen molar-refractivity contribution in [2.75, 3.05) is 6.61 Å². The Morgan fingerprint density at radius 2 is 1.50 bits per heavy atom. The summed E-state index contributed by atoms with van der Waals surface area (Å²) in [7, 11) is 0. The van der Waals surface area contributed by atoms with E-state index >= 15 is 0 Å². The molecule has 0 amide bonds. The zero-order valence-electron chi connectivity index (χ0n) is 13.9. The Hall–Kier alpha value is -1.84. The Bertz CT molecular complexity index is 476. The molecule has 1 atom stereocenters. The SMILES string of the molecule is CCOC(=O)c1ccc(C(=O)OC(C)CCCC(C)C)cc1. The van der Waals surface area contributed by atoms with Crippen molar-refractivity contribution in [2.45, 2.75) is 53.1 Å². The minimum absolute atomic E-state index is 0.101. The van der Waals surface area contributed by atoms with Gasteiger partial charge in [-0.25, -0.2) is 9.59 Å². The van der Waals surface area contributed by atoms with Crippen LogP contribution in [0.1, 0.15) is 67.7 Å². The van der Waals surface area contributed by atoms with Gasteiger partial charge in [0.25, 0.3) is 0 Å². The normalized spacial score (nSPS) is 12.0. The predicted molar refractivity (Wildman–Crippen MR) is 86.0 cm³/mol. The summed E-state index contributed by atoms with van der Waals surface area (Å²) in [5, 5.41) is 0. The Labute approximate surface area is 132 Å². The van der Waals surface area contributed by atoms with Crippen molar-refractivity contribution in [1.29, 1.82) is 0 Å². The monoisotopic (exact) mass is 306 g/mol. The number of hydrogen-bond donors (Lipinski definition) is 0. The van der Waals surface area contributed by atoms with Crippen molar-refractivity contribution < 1.29 is 19.1 Å². The molecule has 0 spiro atoms. The average molecular weight is 306 g/mol. The molecule has 0 bridgehead atoms. The number of hydrogen-bond acceptors (Lipinski definition) is 4. The second-order valence-corrected chi connectivity index (χ2v) is 5.84. The van der Waals surface area contributed by atoms with Crippen molar-refractivity contribution in [3.8, 4) is 0 Å². The van der Waals surface area contributed by atoms with Gasteiger partial charge in [-0.1, -0.05) is 20.3 Å². The van der Waals surface area contributed by atoms with E-state index in [0.29, 0.717) is 23.7 Å². The van der Waals surface area contributed by atoms with Crippen LogP contribution in [0.5, 0.6) is 0 Å². The van der Waals surface area contributed by atoms with E-state index in [1.54, 1.807) is 31.2 Å². The number of carbonyl (C=O) groups excluding carboxylic acids is 2. The van der Waals surface area contributed by atoms with Gasteiger partial charge in [-0.05, 0) is 56.9 Å². The summed E-state index contributed by atoms with van der Waals surface area (Å²) < 4.78 is 10.3. The Morgan fingerprint density at radius 1 is 0.955 bits per heavy atom. The molecule has 1 aromatic rings. The van der Waals surface area contributed by atoms with E-state index in [2.05, 4.69) is 13.8 Å². The minimum atomic E-state index is -0.385. The molecule has 0 N–H and O–H groups in total. The molecule has 0 aromatic heterocycles. The summed E-state index contributed by atoms with van der Waals surface area (Å²) in [5.41, 5.74) is 0.882. The lowest BCUT2D eigenvalue weighted by atomic mass is 10.0. The summed E-state index contributed by atoms with van der Waals surface area (Å²) in [6, 6.07) is 6.35. The summed E-state index contributed by atoms with van der Waals surface area (Å²) in [4.78, 5) is 23.6. The van der Waals surface area contributed by atoms with E-state index in [1.165, 1.54) is 0 Å². The molecule has 0 saturated carbocycles. The van der Waals surface area contributed by atoms with E-state index in [1.807, 2.05) is 6.92 Å². The average Bonchev–Trinajstić information content (AvgIpc) is 2.47. The largest absolute Gasteiger partial charge is 0.462 e. The molecular formula is C18H26O4. The molecule has 0 radical (unpaired) electrons. The van der Waals surface area contributed by atoms with Crippen molar-refractivity contribution >= 4 is 11.9 Å².